The molecule has 1 aliphatic carbocycles. The van der Waals surface area contributed by atoms with E-state index in [4.69, 9.17) is 5.73 Å². The van der Waals surface area contributed by atoms with Crippen molar-refractivity contribution in [2.45, 2.75) is 82.5 Å². The topological polar surface area (TPSA) is 41.6 Å². The van der Waals surface area contributed by atoms with Crippen LogP contribution in [0.1, 0.15) is 64.7 Å². The second-order valence-corrected chi connectivity index (χ2v) is 6.66. The molecule has 1 saturated carbocycles. The van der Waals surface area contributed by atoms with Crippen molar-refractivity contribution >= 4 is 5.96 Å². The lowest BCUT2D eigenvalue weighted by molar-refractivity contribution is -0.136. The molecule has 1 unspecified atom stereocenters. The molecule has 1 aliphatic heterocycles. The molecule has 1 heterocycles. The summed E-state index contributed by atoms with van der Waals surface area (Å²) in [6, 6.07) is 0.342. The number of aliphatic imine (C=N–C) groups is 1. The van der Waals surface area contributed by atoms with Crippen molar-refractivity contribution in [3.8, 4) is 0 Å². The quantitative estimate of drug-likeness (QED) is 0.802. The van der Waals surface area contributed by atoms with E-state index >= 15 is 0 Å². The summed E-state index contributed by atoms with van der Waals surface area (Å²) in [5, 5.41) is 0. The monoisotopic (exact) mass is 305 g/mol. The molecule has 2 aliphatic rings. The third-order valence-corrected chi connectivity index (χ3v) is 4.78. The summed E-state index contributed by atoms with van der Waals surface area (Å²) >= 11 is 0. The number of rotatable bonds is 4. The van der Waals surface area contributed by atoms with Crippen LogP contribution in [0.2, 0.25) is 0 Å². The normalized spacial score (nSPS) is 28.6. The second kappa shape index (κ2) is 6.44. The van der Waals surface area contributed by atoms with Crippen LogP contribution in [0.15, 0.2) is 4.99 Å². The zero-order valence-electron chi connectivity index (χ0n) is 12.8. The van der Waals surface area contributed by atoms with E-state index in [2.05, 4.69) is 9.89 Å². The van der Waals surface area contributed by atoms with Gasteiger partial charge < -0.3 is 10.6 Å². The minimum absolute atomic E-state index is 0.145. The highest BCUT2D eigenvalue weighted by Crippen LogP contribution is 2.35. The van der Waals surface area contributed by atoms with Crippen LogP contribution in [0.3, 0.4) is 0 Å². The fourth-order valence-corrected chi connectivity index (χ4v) is 3.69. The average Bonchev–Trinajstić information content (AvgIpc) is 2.57. The minimum atomic E-state index is -4.07. The third kappa shape index (κ3) is 4.27. The molecule has 0 aromatic carbocycles. The van der Waals surface area contributed by atoms with Crippen molar-refractivity contribution in [3.63, 3.8) is 0 Å². The van der Waals surface area contributed by atoms with E-state index in [-0.39, 0.29) is 12.0 Å². The molecule has 2 N–H and O–H groups in total. The van der Waals surface area contributed by atoms with Crippen molar-refractivity contribution in [1.29, 1.82) is 0 Å². The van der Waals surface area contributed by atoms with Crippen molar-refractivity contribution in [2.24, 2.45) is 10.7 Å². The predicted octanol–water partition coefficient (Wildman–Crippen LogP) is 3.83. The van der Waals surface area contributed by atoms with Gasteiger partial charge in [-0.25, -0.2) is 0 Å². The average molecular weight is 305 g/mol. The summed E-state index contributed by atoms with van der Waals surface area (Å²) in [6.07, 6.45) is 2.82. The molecule has 3 nitrogen and oxygen atoms in total. The Balaban J connectivity index is 2.00. The molecule has 1 atom stereocenters. The summed E-state index contributed by atoms with van der Waals surface area (Å²) in [5.41, 5.74) is 5.70. The van der Waals surface area contributed by atoms with Gasteiger partial charge in [-0.2, -0.15) is 13.2 Å². The summed E-state index contributed by atoms with van der Waals surface area (Å²) in [4.78, 5) is 6.46. The maximum atomic E-state index is 12.4. The van der Waals surface area contributed by atoms with Crippen molar-refractivity contribution in [2.75, 3.05) is 6.54 Å². The number of alkyl halides is 3. The van der Waals surface area contributed by atoms with Gasteiger partial charge in [-0.3, -0.25) is 4.99 Å². The fourth-order valence-electron chi connectivity index (χ4n) is 3.69. The smallest absolute Gasteiger partial charge is 0.370 e. The van der Waals surface area contributed by atoms with Crippen LogP contribution in [0.5, 0.6) is 0 Å². The first-order valence-electron chi connectivity index (χ1n) is 7.98. The van der Waals surface area contributed by atoms with Gasteiger partial charge in [0.25, 0.3) is 0 Å². The van der Waals surface area contributed by atoms with Gasteiger partial charge in [0.05, 0.1) is 12.1 Å². The van der Waals surface area contributed by atoms with E-state index in [1.54, 1.807) is 0 Å². The SMILES string of the molecule is CC1(CCCC(F)(F)F)CN=C(N)N1C1CCCCCC1. The van der Waals surface area contributed by atoms with E-state index in [0.717, 1.165) is 12.8 Å². The van der Waals surface area contributed by atoms with Crippen molar-refractivity contribution in [1.82, 2.24) is 4.90 Å². The maximum Gasteiger partial charge on any atom is 0.389 e. The predicted molar refractivity (Wildman–Crippen MR) is 78.1 cm³/mol. The summed E-state index contributed by atoms with van der Waals surface area (Å²) in [5.74, 6) is 0.524. The molecule has 0 aromatic heterocycles. The first-order chi connectivity index (χ1) is 9.82. The van der Waals surface area contributed by atoms with Gasteiger partial charge in [0.15, 0.2) is 5.96 Å². The van der Waals surface area contributed by atoms with Crippen molar-refractivity contribution in [3.05, 3.63) is 0 Å². The van der Waals surface area contributed by atoms with Gasteiger partial charge in [-0.1, -0.05) is 25.7 Å². The molecule has 2 rings (SSSR count). The van der Waals surface area contributed by atoms with Crippen molar-refractivity contribution < 1.29 is 13.2 Å². The van der Waals surface area contributed by atoms with Gasteiger partial charge in [0.1, 0.15) is 0 Å². The lowest BCUT2D eigenvalue weighted by Gasteiger charge is -2.42. The van der Waals surface area contributed by atoms with E-state index in [9.17, 15) is 13.2 Å². The molecule has 122 valence electrons. The zero-order chi connectivity index (χ0) is 15.5. The Morgan fingerprint density at radius 2 is 1.86 bits per heavy atom. The first-order valence-corrected chi connectivity index (χ1v) is 7.98. The van der Waals surface area contributed by atoms with Gasteiger partial charge in [-0.15, -0.1) is 0 Å². The van der Waals surface area contributed by atoms with E-state index < -0.39 is 12.6 Å². The molecule has 0 spiro atoms. The van der Waals surface area contributed by atoms with Gasteiger partial charge in [-0.05, 0) is 32.6 Å². The maximum absolute atomic E-state index is 12.4. The van der Waals surface area contributed by atoms with Crippen LogP contribution in [0.4, 0.5) is 13.2 Å². The molecule has 0 radical (unpaired) electrons. The Kier molecular flexibility index (Phi) is 5.04. The number of halogens is 3. The van der Waals surface area contributed by atoms with Crippen LogP contribution >= 0.6 is 0 Å². The van der Waals surface area contributed by atoms with Crippen LogP contribution in [-0.4, -0.2) is 35.2 Å². The lowest BCUT2D eigenvalue weighted by Crippen LogP contribution is -2.54. The Morgan fingerprint density at radius 3 is 2.43 bits per heavy atom. The Bertz CT molecular complexity index is 373. The Morgan fingerprint density at radius 1 is 1.24 bits per heavy atom. The Hall–Kier alpha value is -0.940. The molecular weight excluding hydrogens is 279 g/mol. The first kappa shape index (κ1) is 16.4. The van der Waals surface area contributed by atoms with Crippen LogP contribution in [-0.2, 0) is 0 Å². The van der Waals surface area contributed by atoms with Gasteiger partial charge >= 0.3 is 6.18 Å². The van der Waals surface area contributed by atoms with Crippen LogP contribution in [0, 0.1) is 0 Å². The number of guanidine groups is 1. The zero-order valence-corrected chi connectivity index (χ0v) is 12.8. The molecule has 0 bridgehead atoms. The summed E-state index contributed by atoms with van der Waals surface area (Å²) in [6.45, 7) is 2.53. The number of hydrogen-bond acceptors (Lipinski definition) is 3. The van der Waals surface area contributed by atoms with Gasteiger partial charge in [0, 0.05) is 12.5 Å². The fraction of sp³-hybridized carbons (Fsp3) is 0.933. The highest BCUT2D eigenvalue weighted by Gasteiger charge is 2.42. The molecular formula is C15H26F3N3. The lowest BCUT2D eigenvalue weighted by atomic mass is 9.90. The number of hydrogen-bond donors (Lipinski definition) is 1. The van der Waals surface area contributed by atoms with E-state index in [1.807, 2.05) is 6.92 Å². The Labute approximate surface area is 124 Å². The van der Waals surface area contributed by atoms with E-state index in [0.29, 0.717) is 25.0 Å². The summed E-state index contributed by atoms with van der Waals surface area (Å²) in [7, 11) is 0. The molecule has 0 aromatic rings. The number of nitrogens with zero attached hydrogens (tertiary/aromatic N) is 2. The molecule has 21 heavy (non-hydrogen) atoms. The van der Waals surface area contributed by atoms with E-state index in [1.165, 1.54) is 25.7 Å². The minimum Gasteiger partial charge on any atom is -0.370 e. The molecule has 0 saturated heterocycles. The second-order valence-electron chi connectivity index (χ2n) is 6.66. The number of nitrogens with two attached hydrogens (primary N) is 1. The highest BCUT2D eigenvalue weighted by molar-refractivity contribution is 5.81. The summed E-state index contributed by atoms with van der Waals surface area (Å²) < 4.78 is 37.1. The standard InChI is InChI=1S/C15H26F3N3/c1-14(9-6-10-15(16,17)18)11-20-13(19)21(14)12-7-4-2-3-5-8-12/h12H,2-11H2,1H3,(H2,19,20). The third-order valence-electron chi connectivity index (χ3n) is 4.78. The van der Waals surface area contributed by atoms with Gasteiger partial charge in [0.2, 0.25) is 0 Å². The van der Waals surface area contributed by atoms with Crippen LogP contribution in [0.25, 0.3) is 0 Å². The molecule has 0 amide bonds. The molecule has 1 fully saturated rings. The highest BCUT2D eigenvalue weighted by atomic mass is 19.4. The molecule has 6 heteroatoms. The largest absolute Gasteiger partial charge is 0.389 e. The van der Waals surface area contributed by atoms with Crippen LogP contribution < -0.4 is 5.73 Å².